The van der Waals surface area contributed by atoms with Gasteiger partial charge in [0.1, 0.15) is 0 Å². The molecule has 4 bridgehead atoms. The van der Waals surface area contributed by atoms with Gasteiger partial charge in [-0.1, -0.05) is 18.5 Å². The van der Waals surface area contributed by atoms with E-state index in [1.165, 1.54) is 18.4 Å². The Bertz CT molecular complexity index is 978. The zero-order chi connectivity index (χ0) is 19.9. The number of halogens is 1. The third-order valence-electron chi connectivity index (χ3n) is 8.03. The van der Waals surface area contributed by atoms with Crippen LogP contribution in [-0.2, 0) is 4.79 Å². The molecule has 7 rings (SSSR count). The lowest BCUT2D eigenvalue weighted by Gasteiger charge is -2.59. The molecule has 0 radical (unpaired) electrons. The summed E-state index contributed by atoms with van der Waals surface area (Å²) in [5, 5.41) is 12.7. The van der Waals surface area contributed by atoms with Crippen LogP contribution < -0.4 is 0 Å². The van der Waals surface area contributed by atoms with Crippen LogP contribution in [0.1, 0.15) is 81.3 Å². The molecule has 3 unspecified atom stereocenters. The van der Waals surface area contributed by atoms with Crippen molar-refractivity contribution in [2.45, 2.75) is 87.8 Å². The van der Waals surface area contributed by atoms with Crippen LogP contribution in [0.5, 0.6) is 0 Å². The van der Waals surface area contributed by atoms with Crippen molar-refractivity contribution in [2.24, 2.45) is 5.92 Å². The Morgan fingerprint density at radius 3 is 2.66 bits per heavy atom. The molecular weight excluding hydrogens is 384 g/mol. The average Bonchev–Trinajstić information content (AvgIpc) is 3.39. The van der Waals surface area contributed by atoms with Crippen LogP contribution in [0.25, 0.3) is 10.9 Å². The van der Waals surface area contributed by atoms with Gasteiger partial charge in [-0.3, -0.25) is 4.79 Å². The number of amides is 1. The van der Waals surface area contributed by atoms with E-state index in [0.717, 1.165) is 53.6 Å². The molecule has 1 aromatic carbocycles. The van der Waals surface area contributed by atoms with E-state index < -0.39 is 5.60 Å². The van der Waals surface area contributed by atoms with E-state index in [1.54, 1.807) is 0 Å². The number of benzene rings is 1. The number of aromatic amines is 1. The summed E-state index contributed by atoms with van der Waals surface area (Å²) in [6.45, 7) is 2.14. The van der Waals surface area contributed by atoms with Crippen LogP contribution in [0.4, 0.5) is 0 Å². The van der Waals surface area contributed by atoms with E-state index in [9.17, 15) is 9.90 Å². The van der Waals surface area contributed by atoms with Gasteiger partial charge in [-0.05, 0) is 86.0 Å². The molecule has 2 N–H and O–H groups in total. The number of aromatic nitrogens is 1. The number of nitrogens with one attached hydrogen (secondary N) is 1. The van der Waals surface area contributed by atoms with Crippen molar-refractivity contribution in [3.8, 4) is 0 Å². The summed E-state index contributed by atoms with van der Waals surface area (Å²) in [6, 6.07) is 4.83. The predicted octanol–water partition coefficient (Wildman–Crippen LogP) is 5.10. The minimum absolute atomic E-state index is 0.112. The van der Waals surface area contributed by atoms with Gasteiger partial charge in [0.05, 0.1) is 10.6 Å². The maximum absolute atomic E-state index is 13.3. The summed E-state index contributed by atoms with van der Waals surface area (Å²) in [5.74, 6) is 1.63. The van der Waals surface area contributed by atoms with Crippen LogP contribution in [0.3, 0.4) is 0 Å². The van der Waals surface area contributed by atoms with Gasteiger partial charge in [0.2, 0.25) is 5.91 Å². The number of carbonyl (C=O) groups excluding carboxylic acids is 1. The average molecular weight is 413 g/mol. The number of aliphatic hydroxyl groups is 1. The zero-order valence-corrected chi connectivity index (χ0v) is 17.7. The fourth-order valence-corrected chi connectivity index (χ4v) is 7.11. The smallest absolute Gasteiger partial charge is 0.223 e. The summed E-state index contributed by atoms with van der Waals surface area (Å²) < 4.78 is 0. The summed E-state index contributed by atoms with van der Waals surface area (Å²) >= 11 is 6.68. The second-order valence-electron chi connectivity index (χ2n) is 10.3. The fourth-order valence-electron chi connectivity index (χ4n) is 6.77. The fraction of sp³-hybridized carbons (Fsp3) is 0.625. The molecule has 2 aliphatic heterocycles. The molecule has 1 aromatic heterocycles. The molecule has 29 heavy (non-hydrogen) atoms. The van der Waals surface area contributed by atoms with Crippen LogP contribution in [-0.4, -0.2) is 38.6 Å². The zero-order valence-electron chi connectivity index (χ0n) is 17.0. The number of nitrogens with zero attached hydrogens (tertiary/aromatic N) is 1. The van der Waals surface area contributed by atoms with E-state index in [4.69, 9.17) is 11.6 Å². The highest BCUT2D eigenvalue weighted by Gasteiger charge is 2.54. The maximum Gasteiger partial charge on any atom is 0.223 e. The van der Waals surface area contributed by atoms with Gasteiger partial charge < -0.3 is 15.0 Å². The van der Waals surface area contributed by atoms with E-state index in [0.29, 0.717) is 18.3 Å². The Morgan fingerprint density at radius 2 is 2.00 bits per heavy atom. The minimum Gasteiger partial charge on any atom is -0.390 e. The van der Waals surface area contributed by atoms with Crippen molar-refractivity contribution in [3.63, 3.8) is 0 Å². The topological polar surface area (TPSA) is 56.3 Å². The van der Waals surface area contributed by atoms with Gasteiger partial charge in [-0.2, -0.15) is 0 Å². The summed E-state index contributed by atoms with van der Waals surface area (Å²) in [6.07, 6.45) is 9.68. The molecular formula is C24H29ClN2O2. The van der Waals surface area contributed by atoms with Crippen molar-refractivity contribution < 1.29 is 9.90 Å². The number of hydrogen-bond acceptors (Lipinski definition) is 2. The molecule has 2 aromatic rings. The molecule has 5 heteroatoms. The lowest BCUT2D eigenvalue weighted by atomic mass is 9.61. The lowest BCUT2D eigenvalue weighted by Crippen LogP contribution is -2.65. The molecule has 3 heterocycles. The van der Waals surface area contributed by atoms with Gasteiger partial charge >= 0.3 is 0 Å². The SMILES string of the molecule is CC(CC(=O)N1C2CC3CC1CC(O)(C3)C2)c1c[nH]c2cc(C3CC3)cc(Cl)c12. The number of piperidine rings is 2. The van der Waals surface area contributed by atoms with E-state index in [1.807, 2.05) is 6.20 Å². The molecule has 3 aliphatic carbocycles. The molecule has 4 nitrogen and oxygen atoms in total. The largest absolute Gasteiger partial charge is 0.390 e. The van der Waals surface area contributed by atoms with Crippen LogP contribution in [0.15, 0.2) is 18.3 Å². The van der Waals surface area contributed by atoms with E-state index in [2.05, 4.69) is 28.9 Å². The summed E-state index contributed by atoms with van der Waals surface area (Å²) in [5.41, 5.74) is 3.05. The van der Waals surface area contributed by atoms with Crippen LogP contribution in [0.2, 0.25) is 5.02 Å². The van der Waals surface area contributed by atoms with Crippen molar-refractivity contribution in [3.05, 3.63) is 34.5 Å². The van der Waals surface area contributed by atoms with Gasteiger partial charge in [-0.25, -0.2) is 0 Å². The third-order valence-corrected chi connectivity index (χ3v) is 8.33. The van der Waals surface area contributed by atoms with Crippen molar-refractivity contribution in [1.82, 2.24) is 9.88 Å². The Balaban J connectivity index is 1.23. The number of rotatable bonds is 4. The normalized spacial score (nSPS) is 34.2. The van der Waals surface area contributed by atoms with Gasteiger partial charge in [-0.15, -0.1) is 0 Å². The molecule has 3 atom stereocenters. The molecule has 5 fully saturated rings. The highest BCUT2D eigenvalue weighted by Crippen LogP contribution is 2.52. The molecule has 5 aliphatic rings. The second-order valence-corrected chi connectivity index (χ2v) is 10.7. The minimum atomic E-state index is -0.511. The molecule has 1 amide bonds. The highest BCUT2D eigenvalue weighted by molar-refractivity contribution is 6.35. The number of H-pyrrole nitrogens is 1. The van der Waals surface area contributed by atoms with Crippen molar-refractivity contribution in [2.75, 3.05) is 0 Å². The third kappa shape index (κ3) is 2.94. The Morgan fingerprint density at radius 1 is 1.28 bits per heavy atom. The van der Waals surface area contributed by atoms with Gasteiger partial charge in [0.15, 0.2) is 0 Å². The summed E-state index contributed by atoms with van der Waals surface area (Å²) in [4.78, 5) is 18.9. The number of fused-ring (bicyclic) bond motifs is 1. The van der Waals surface area contributed by atoms with Crippen molar-refractivity contribution >= 4 is 28.4 Å². The molecule has 2 saturated heterocycles. The van der Waals surface area contributed by atoms with Crippen LogP contribution >= 0.6 is 11.6 Å². The molecule has 0 spiro atoms. The monoisotopic (exact) mass is 412 g/mol. The van der Waals surface area contributed by atoms with Crippen LogP contribution in [0, 0.1) is 5.92 Å². The first-order chi connectivity index (χ1) is 13.9. The first-order valence-electron chi connectivity index (χ1n) is 11.2. The number of hydrogen-bond donors (Lipinski definition) is 2. The lowest BCUT2D eigenvalue weighted by molar-refractivity contribution is -0.174. The maximum atomic E-state index is 13.3. The highest BCUT2D eigenvalue weighted by atomic mass is 35.5. The Labute approximate surface area is 176 Å². The number of carbonyl (C=O) groups is 1. The Hall–Kier alpha value is -1.52. The van der Waals surface area contributed by atoms with E-state index >= 15 is 0 Å². The van der Waals surface area contributed by atoms with Gasteiger partial charge in [0.25, 0.3) is 0 Å². The standard InChI is InChI=1S/C24H29ClN2O2/c1-13(19-12-26-21-8-16(15-2-3-15)7-20(25)23(19)21)4-22(28)27-17-5-14-6-18(27)11-24(29,9-14)10-17/h7-8,12-15,17-18,26,29H,2-6,9-11H2,1H3. The molecule has 3 saturated carbocycles. The van der Waals surface area contributed by atoms with E-state index in [-0.39, 0.29) is 23.9 Å². The van der Waals surface area contributed by atoms with Gasteiger partial charge in [0, 0.05) is 35.6 Å². The second kappa shape index (κ2) is 6.24. The first-order valence-corrected chi connectivity index (χ1v) is 11.6. The molecule has 154 valence electrons. The summed E-state index contributed by atoms with van der Waals surface area (Å²) in [7, 11) is 0. The predicted molar refractivity (Wildman–Crippen MR) is 114 cm³/mol. The van der Waals surface area contributed by atoms with Crippen molar-refractivity contribution in [1.29, 1.82) is 0 Å². The first kappa shape index (κ1) is 18.3. The Kier molecular flexibility index (Phi) is 3.93. The quantitative estimate of drug-likeness (QED) is 0.734.